The van der Waals surface area contributed by atoms with Gasteiger partial charge < -0.3 is 4.90 Å². The standard InChI is InChI=1S/C26H31N3O2/c30-25-23-18-22(21-8-4-5-9-21)10-11-24(23)29(26(25)31)17-16-27-12-14-28(15-13-27)19-20-6-2-1-3-7-20/h1-3,6-7,10-11,18,21H,4-5,8-9,12-17,19H2. The molecular formula is C26H31N3O2. The number of nitrogens with zero attached hydrogens (tertiary/aromatic N) is 3. The zero-order chi connectivity index (χ0) is 21.2. The first-order valence-electron chi connectivity index (χ1n) is 11.7. The van der Waals surface area contributed by atoms with Gasteiger partial charge in [-0.2, -0.15) is 0 Å². The summed E-state index contributed by atoms with van der Waals surface area (Å²) in [6.45, 7) is 6.43. The minimum Gasteiger partial charge on any atom is -0.303 e. The Labute approximate surface area is 184 Å². The molecule has 1 saturated heterocycles. The molecule has 0 aromatic heterocycles. The molecule has 5 nitrogen and oxygen atoms in total. The Morgan fingerprint density at radius 1 is 0.806 bits per heavy atom. The average molecular weight is 418 g/mol. The molecule has 0 bridgehead atoms. The molecule has 0 N–H and O–H groups in total. The van der Waals surface area contributed by atoms with E-state index in [9.17, 15) is 9.59 Å². The molecule has 3 aliphatic rings. The zero-order valence-corrected chi connectivity index (χ0v) is 18.1. The van der Waals surface area contributed by atoms with Gasteiger partial charge in [0.15, 0.2) is 0 Å². The molecule has 5 rings (SSSR count). The fourth-order valence-electron chi connectivity index (χ4n) is 5.31. The van der Waals surface area contributed by atoms with Gasteiger partial charge in [0.05, 0.1) is 11.3 Å². The number of carbonyl (C=O) groups is 2. The highest BCUT2D eigenvalue weighted by molar-refractivity contribution is 6.52. The second-order valence-electron chi connectivity index (χ2n) is 9.15. The number of anilines is 1. The molecule has 1 aliphatic carbocycles. The quantitative estimate of drug-likeness (QED) is 0.673. The van der Waals surface area contributed by atoms with Crippen LogP contribution in [0.4, 0.5) is 5.69 Å². The molecule has 2 fully saturated rings. The second kappa shape index (κ2) is 8.93. The van der Waals surface area contributed by atoms with Crippen molar-refractivity contribution in [2.24, 2.45) is 0 Å². The topological polar surface area (TPSA) is 43.9 Å². The third-order valence-corrected chi connectivity index (χ3v) is 7.18. The number of amides is 1. The van der Waals surface area contributed by atoms with Crippen molar-refractivity contribution in [1.82, 2.24) is 9.80 Å². The summed E-state index contributed by atoms with van der Waals surface area (Å²) >= 11 is 0. The largest absolute Gasteiger partial charge is 0.303 e. The van der Waals surface area contributed by atoms with E-state index in [1.54, 1.807) is 4.90 Å². The third-order valence-electron chi connectivity index (χ3n) is 7.18. The number of carbonyl (C=O) groups excluding carboxylic acids is 2. The number of piperazine rings is 1. The molecule has 2 aromatic carbocycles. The lowest BCUT2D eigenvalue weighted by atomic mass is 9.95. The summed E-state index contributed by atoms with van der Waals surface area (Å²) in [5.74, 6) is -0.141. The maximum absolute atomic E-state index is 12.7. The SMILES string of the molecule is O=C1C(=O)N(CCN2CCN(Cc3ccccc3)CC2)c2ccc(C3CCCC3)cc21. The van der Waals surface area contributed by atoms with Gasteiger partial charge in [0.25, 0.3) is 11.7 Å². The zero-order valence-electron chi connectivity index (χ0n) is 18.1. The third kappa shape index (κ3) is 4.30. The van der Waals surface area contributed by atoms with E-state index in [0.717, 1.165) is 45.0 Å². The summed E-state index contributed by atoms with van der Waals surface area (Å²) < 4.78 is 0. The minimum atomic E-state index is -0.360. The molecule has 1 amide bonds. The Hall–Kier alpha value is -2.50. The van der Waals surface area contributed by atoms with Crippen LogP contribution in [-0.4, -0.2) is 60.8 Å². The van der Waals surface area contributed by atoms with Crippen LogP contribution in [-0.2, 0) is 11.3 Å². The molecule has 31 heavy (non-hydrogen) atoms. The van der Waals surface area contributed by atoms with Crippen LogP contribution in [0.2, 0.25) is 0 Å². The average Bonchev–Trinajstić information content (AvgIpc) is 3.42. The first-order valence-corrected chi connectivity index (χ1v) is 11.7. The fourth-order valence-corrected chi connectivity index (χ4v) is 5.31. The predicted molar refractivity (Wildman–Crippen MR) is 122 cm³/mol. The van der Waals surface area contributed by atoms with Crippen molar-refractivity contribution < 1.29 is 9.59 Å². The molecule has 0 radical (unpaired) electrons. The lowest BCUT2D eigenvalue weighted by Gasteiger charge is -2.35. The Morgan fingerprint density at radius 2 is 1.52 bits per heavy atom. The molecule has 162 valence electrons. The highest BCUT2D eigenvalue weighted by Crippen LogP contribution is 2.38. The van der Waals surface area contributed by atoms with E-state index in [1.165, 1.54) is 36.8 Å². The molecule has 1 saturated carbocycles. The van der Waals surface area contributed by atoms with Crippen molar-refractivity contribution in [2.75, 3.05) is 44.2 Å². The van der Waals surface area contributed by atoms with Crippen LogP contribution < -0.4 is 4.90 Å². The van der Waals surface area contributed by atoms with Gasteiger partial charge in [-0.05, 0) is 42.0 Å². The van der Waals surface area contributed by atoms with Crippen LogP contribution >= 0.6 is 0 Å². The van der Waals surface area contributed by atoms with Crippen molar-refractivity contribution in [3.8, 4) is 0 Å². The highest BCUT2D eigenvalue weighted by Gasteiger charge is 2.36. The highest BCUT2D eigenvalue weighted by atomic mass is 16.2. The Bertz CT molecular complexity index is 944. The Balaban J connectivity index is 1.17. The van der Waals surface area contributed by atoms with Crippen LogP contribution in [0.3, 0.4) is 0 Å². The van der Waals surface area contributed by atoms with E-state index in [-0.39, 0.29) is 11.7 Å². The van der Waals surface area contributed by atoms with Gasteiger partial charge in [-0.3, -0.25) is 19.4 Å². The first kappa shape index (κ1) is 20.4. The number of Topliss-reactive ketones (excluding diaryl/α,β-unsaturated/α-hetero) is 1. The van der Waals surface area contributed by atoms with Crippen molar-refractivity contribution in [3.63, 3.8) is 0 Å². The molecule has 2 heterocycles. The van der Waals surface area contributed by atoms with E-state index in [2.05, 4.69) is 46.2 Å². The number of benzene rings is 2. The van der Waals surface area contributed by atoms with E-state index in [0.29, 0.717) is 18.0 Å². The summed E-state index contributed by atoms with van der Waals surface area (Å²) in [5.41, 5.74) is 4.00. The first-order chi connectivity index (χ1) is 15.2. The summed E-state index contributed by atoms with van der Waals surface area (Å²) in [6.07, 6.45) is 4.92. The number of rotatable bonds is 6. The molecule has 0 spiro atoms. The monoisotopic (exact) mass is 417 g/mol. The van der Waals surface area contributed by atoms with Crippen molar-refractivity contribution in [3.05, 3.63) is 65.2 Å². The summed E-state index contributed by atoms with van der Waals surface area (Å²) in [4.78, 5) is 31.9. The molecule has 0 atom stereocenters. The van der Waals surface area contributed by atoms with Crippen LogP contribution in [0.25, 0.3) is 0 Å². The van der Waals surface area contributed by atoms with Gasteiger partial charge >= 0.3 is 0 Å². The normalized spacial score (nSPS) is 20.6. The second-order valence-corrected chi connectivity index (χ2v) is 9.15. The van der Waals surface area contributed by atoms with E-state index in [4.69, 9.17) is 0 Å². The lowest BCUT2D eigenvalue weighted by molar-refractivity contribution is -0.114. The van der Waals surface area contributed by atoms with Crippen LogP contribution in [0.15, 0.2) is 48.5 Å². The number of hydrogen-bond donors (Lipinski definition) is 0. The smallest absolute Gasteiger partial charge is 0.299 e. The van der Waals surface area contributed by atoms with Crippen LogP contribution in [0, 0.1) is 0 Å². The van der Waals surface area contributed by atoms with Gasteiger partial charge in [0.2, 0.25) is 0 Å². The van der Waals surface area contributed by atoms with Gasteiger partial charge in [-0.15, -0.1) is 0 Å². The van der Waals surface area contributed by atoms with Gasteiger partial charge in [-0.1, -0.05) is 49.2 Å². The number of ketones is 1. The van der Waals surface area contributed by atoms with Gasteiger partial charge in [-0.25, -0.2) is 0 Å². The van der Waals surface area contributed by atoms with Crippen LogP contribution in [0.5, 0.6) is 0 Å². The Morgan fingerprint density at radius 3 is 2.26 bits per heavy atom. The number of hydrogen-bond acceptors (Lipinski definition) is 4. The molecule has 0 unspecified atom stereocenters. The van der Waals surface area contributed by atoms with E-state index in [1.807, 2.05) is 12.1 Å². The minimum absolute atomic E-state index is 0.331. The predicted octanol–water partition coefficient (Wildman–Crippen LogP) is 3.69. The molecule has 2 aromatic rings. The van der Waals surface area contributed by atoms with Crippen LogP contribution in [0.1, 0.15) is 53.1 Å². The van der Waals surface area contributed by atoms with Crippen molar-refractivity contribution in [2.45, 2.75) is 38.1 Å². The van der Waals surface area contributed by atoms with Gasteiger partial charge in [0.1, 0.15) is 0 Å². The summed E-state index contributed by atoms with van der Waals surface area (Å²) in [6, 6.07) is 16.7. The van der Waals surface area contributed by atoms with E-state index < -0.39 is 0 Å². The van der Waals surface area contributed by atoms with Crippen molar-refractivity contribution in [1.29, 1.82) is 0 Å². The maximum Gasteiger partial charge on any atom is 0.299 e. The summed E-state index contributed by atoms with van der Waals surface area (Å²) in [5, 5.41) is 0. The van der Waals surface area contributed by atoms with E-state index >= 15 is 0 Å². The molecule has 5 heteroatoms. The summed E-state index contributed by atoms with van der Waals surface area (Å²) in [7, 11) is 0. The lowest BCUT2D eigenvalue weighted by Crippen LogP contribution is -2.48. The maximum atomic E-state index is 12.7. The molecule has 2 aliphatic heterocycles. The number of fused-ring (bicyclic) bond motifs is 1. The van der Waals surface area contributed by atoms with Crippen molar-refractivity contribution >= 4 is 17.4 Å². The Kier molecular flexibility index (Phi) is 5.88. The molecular weight excluding hydrogens is 386 g/mol. The van der Waals surface area contributed by atoms with Gasteiger partial charge in [0, 0.05) is 45.8 Å². The fraction of sp³-hybridized carbons (Fsp3) is 0.462.